The first-order valence-corrected chi connectivity index (χ1v) is 7.41. The van der Waals surface area contributed by atoms with E-state index in [0.29, 0.717) is 12.2 Å². The molecule has 2 fully saturated rings. The van der Waals surface area contributed by atoms with Gasteiger partial charge in [-0.3, -0.25) is 4.79 Å². The molecule has 108 valence electrons. The van der Waals surface area contributed by atoms with Gasteiger partial charge in [-0.2, -0.15) is 0 Å². The van der Waals surface area contributed by atoms with Crippen LogP contribution in [0.4, 0.5) is 4.79 Å². The number of fused-ring (bicyclic) bond motifs is 1. The van der Waals surface area contributed by atoms with Gasteiger partial charge in [0.25, 0.3) is 0 Å². The molecule has 2 unspecified atom stereocenters. The first-order chi connectivity index (χ1) is 8.88. The molecule has 1 saturated carbocycles. The van der Waals surface area contributed by atoms with Crippen LogP contribution in [0.1, 0.15) is 59.3 Å². The Morgan fingerprint density at radius 2 is 1.95 bits per heavy atom. The lowest BCUT2D eigenvalue weighted by molar-refractivity contribution is -0.127. The van der Waals surface area contributed by atoms with Crippen molar-refractivity contribution in [2.75, 3.05) is 6.54 Å². The molecular formula is C15H25NO3. The molecule has 0 aromatic carbocycles. The lowest BCUT2D eigenvalue weighted by Gasteiger charge is -2.37. The van der Waals surface area contributed by atoms with Crippen molar-refractivity contribution in [1.82, 2.24) is 4.90 Å². The molecule has 1 amide bonds. The highest BCUT2D eigenvalue weighted by atomic mass is 16.6. The molecule has 1 heterocycles. The summed E-state index contributed by atoms with van der Waals surface area (Å²) < 4.78 is 5.49. The van der Waals surface area contributed by atoms with Gasteiger partial charge in [-0.15, -0.1) is 0 Å². The van der Waals surface area contributed by atoms with E-state index in [1.54, 1.807) is 0 Å². The number of ketones is 1. The highest BCUT2D eigenvalue weighted by Gasteiger charge is 2.40. The Morgan fingerprint density at radius 3 is 2.63 bits per heavy atom. The largest absolute Gasteiger partial charge is 0.444 e. The van der Waals surface area contributed by atoms with E-state index in [0.717, 1.165) is 38.6 Å². The average molecular weight is 267 g/mol. The van der Waals surface area contributed by atoms with Crippen LogP contribution < -0.4 is 0 Å². The fraction of sp³-hybridized carbons (Fsp3) is 0.867. The van der Waals surface area contributed by atoms with E-state index in [1.165, 1.54) is 0 Å². The Kier molecular flexibility index (Phi) is 4.16. The molecule has 1 saturated heterocycles. The molecule has 4 nitrogen and oxygen atoms in total. The van der Waals surface area contributed by atoms with Crippen molar-refractivity contribution in [2.45, 2.75) is 70.9 Å². The van der Waals surface area contributed by atoms with Gasteiger partial charge in [0.1, 0.15) is 11.4 Å². The molecule has 2 aliphatic rings. The molecule has 0 N–H and O–H groups in total. The Bertz CT molecular complexity index is 359. The smallest absolute Gasteiger partial charge is 0.410 e. The maximum Gasteiger partial charge on any atom is 0.410 e. The summed E-state index contributed by atoms with van der Waals surface area (Å²) in [6.45, 7) is 6.37. The van der Waals surface area contributed by atoms with E-state index in [9.17, 15) is 9.59 Å². The topological polar surface area (TPSA) is 46.6 Å². The molecule has 1 aliphatic carbocycles. The second-order valence-electron chi connectivity index (χ2n) is 6.70. The summed E-state index contributed by atoms with van der Waals surface area (Å²) in [5.74, 6) is 0.385. The Hall–Kier alpha value is -1.06. The summed E-state index contributed by atoms with van der Waals surface area (Å²) >= 11 is 0. The maximum absolute atomic E-state index is 12.3. The van der Waals surface area contributed by atoms with E-state index in [-0.39, 0.29) is 18.1 Å². The quantitative estimate of drug-likeness (QED) is 0.677. The predicted octanol–water partition coefficient (Wildman–Crippen LogP) is 3.15. The molecule has 0 aromatic heterocycles. The van der Waals surface area contributed by atoms with Gasteiger partial charge in [0.2, 0.25) is 0 Å². The minimum absolute atomic E-state index is 0.0452. The van der Waals surface area contributed by atoms with Gasteiger partial charge in [-0.25, -0.2) is 4.79 Å². The highest BCUT2D eigenvalue weighted by molar-refractivity contribution is 5.83. The monoisotopic (exact) mass is 267 g/mol. The number of hydrogen-bond donors (Lipinski definition) is 0. The van der Waals surface area contributed by atoms with Crippen LogP contribution in [-0.2, 0) is 9.53 Å². The Morgan fingerprint density at radius 1 is 1.21 bits per heavy atom. The van der Waals surface area contributed by atoms with Crippen LogP contribution in [0.5, 0.6) is 0 Å². The Balaban J connectivity index is 2.13. The van der Waals surface area contributed by atoms with Gasteiger partial charge in [0.15, 0.2) is 0 Å². The number of carbonyl (C=O) groups excluding carboxylic acids is 2. The standard InChI is InChI=1S/C15H25NO3/c1-15(2,3)19-14(18)16-10-5-4-7-11-12(16)8-6-9-13(11)17/h11-12H,4-10H2,1-3H3. The van der Waals surface area contributed by atoms with Gasteiger partial charge in [-0.1, -0.05) is 6.42 Å². The van der Waals surface area contributed by atoms with Gasteiger partial charge < -0.3 is 9.64 Å². The summed E-state index contributed by atoms with van der Waals surface area (Å²) in [5, 5.41) is 0. The molecule has 0 radical (unpaired) electrons. The van der Waals surface area contributed by atoms with E-state index in [4.69, 9.17) is 4.74 Å². The normalized spacial score (nSPS) is 28.6. The number of carbonyl (C=O) groups is 2. The predicted molar refractivity (Wildman–Crippen MR) is 72.9 cm³/mol. The maximum atomic E-state index is 12.3. The van der Waals surface area contributed by atoms with Gasteiger partial charge in [-0.05, 0) is 46.5 Å². The van der Waals surface area contributed by atoms with E-state index >= 15 is 0 Å². The number of likely N-dealkylation sites (tertiary alicyclic amines) is 1. The van der Waals surface area contributed by atoms with E-state index in [2.05, 4.69) is 0 Å². The molecule has 2 atom stereocenters. The number of hydrogen-bond acceptors (Lipinski definition) is 3. The van der Waals surface area contributed by atoms with Crippen molar-refractivity contribution >= 4 is 11.9 Å². The van der Waals surface area contributed by atoms with Crippen LogP contribution in [0.25, 0.3) is 0 Å². The van der Waals surface area contributed by atoms with Crippen molar-refractivity contribution in [3.8, 4) is 0 Å². The van der Waals surface area contributed by atoms with Crippen molar-refractivity contribution in [3.05, 3.63) is 0 Å². The van der Waals surface area contributed by atoms with Crippen LogP contribution >= 0.6 is 0 Å². The molecule has 4 heteroatoms. The van der Waals surface area contributed by atoms with Crippen molar-refractivity contribution in [3.63, 3.8) is 0 Å². The summed E-state index contributed by atoms with van der Waals surface area (Å²) in [4.78, 5) is 26.2. The van der Waals surface area contributed by atoms with Crippen molar-refractivity contribution in [2.24, 2.45) is 5.92 Å². The van der Waals surface area contributed by atoms with Crippen molar-refractivity contribution in [1.29, 1.82) is 0 Å². The number of ether oxygens (including phenoxy) is 1. The van der Waals surface area contributed by atoms with Crippen LogP contribution in [-0.4, -0.2) is 35.0 Å². The molecule has 2 rings (SSSR count). The minimum atomic E-state index is -0.475. The zero-order valence-electron chi connectivity index (χ0n) is 12.3. The first kappa shape index (κ1) is 14.4. The zero-order valence-corrected chi connectivity index (χ0v) is 12.3. The fourth-order valence-electron chi connectivity index (χ4n) is 3.17. The number of amides is 1. The third-order valence-corrected chi connectivity index (χ3v) is 3.99. The lowest BCUT2D eigenvalue weighted by Crippen LogP contribution is -2.49. The molecule has 0 spiro atoms. The van der Waals surface area contributed by atoms with Gasteiger partial charge >= 0.3 is 6.09 Å². The molecule has 0 bridgehead atoms. The summed E-state index contributed by atoms with van der Waals surface area (Å²) in [6.07, 6.45) is 5.21. The number of Topliss-reactive ketones (excluding diaryl/α,β-unsaturated/α-hetero) is 1. The second kappa shape index (κ2) is 5.51. The van der Waals surface area contributed by atoms with Crippen molar-refractivity contribution < 1.29 is 14.3 Å². The lowest BCUT2D eigenvalue weighted by atomic mass is 9.81. The minimum Gasteiger partial charge on any atom is -0.444 e. The first-order valence-electron chi connectivity index (χ1n) is 7.41. The van der Waals surface area contributed by atoms with Gasteiger partial charge in [0, 0.05) is 24.9 Å². The fourth-order valence-corrected chi connectivity index (χ4v) is 3.17. The second-order valence-corrected chi connectivity index (χ2v) is 6.70. The number of nitrogens with zero attached hydrogens (tertiary/aromatic N) is 1. The third kappa shape index (κ3) is 3.48. The SMILES string of the molecule is CC(C)(C)OC(=O)N1CCCCC2C(=O)CCCC21. The summed E-state index contributed by atoms with van der Waals surface area (Å²) in [7, 11) is 0. The summed E-state index contributed by atoms with van der Waals surface area (Å²) in [5.41, 5.74) is -0.475. The Labute approximate surface area is 115 Å². The molecule has 19 heavy (non-hydrogen) atoms. The van der Waals surface area contributed by atoms with Crippen LogP contribution in [0, 0.1) is 5.92 Å². The van der Waals surface area contributed by atoms with Gasteiger partial charge in [0.05, 0.1) is 0 Å². The molecular weight excluding hydrogens is 242 g/mol. The molecule has 1 aliphatic heterocycles. The zero-order chi connectivity index (χ0) is 14.0. The highest BCUT2D eigenvalue weighted by Crippen LogP contribution is 2.33. The molecule has 0 aromatic rings. The van der Waals surface area contributed by atoms with Crippen LogP contribution in [0.2, 0.25) is 0 Å². The average Bonchev–Trinajstić information content (AvgIpc) is 2.50. The third-order valence-electron chi connectivity index (χ3n) is 3.99. The van der Waals surface area contributed by atoms with Crippen LogP contribution in [0.15, 0.2) is 0 Å². The summed E-state index contributed by atoms with van der Waals surface area (Å²) in [6, 6.07) is 0.0681. The van der Waals surface area contributed by atoms with Crippen LogP contribution in [0.3, 0.4) is 0 Å². The van der Waals surface area contributed by atoms with E-state index in [1.807, 2.05) is 25.7 Å². The van der Waals surface area contributed by atoms with E-state index < -0.39 is 5.60 Å². The number of rotatable bonds is 0.